The first kappa shape index (κ1) is 22.8. The molecule has 0 unspecified atom stereocenters. The lowest BCUT2D eigenvalue weighted by atomic mass is 10.0. The number of hydrogen-bond acceptors (Lipinski definition) is 3. The molecule has 0 saturated heterocycles. The number of aromatic amines is 1. The minimum atomic E-state index is 1.03. The van der Waals surface area contributed by atoms with Gasteiger partial charge < -0.3 is 4.98 Å². The second-order valence-corrected chi connectivity index (χ2v) is 9.35. The summed E-state index contributed by atoms with van der Waals surface area (Å²) in [5, 5.41) is 7.12. The van der Waals surface area contributed by atoms with Crippen LogP contribution in [0, 0.1) is 10.4 Å². The van der Waals surface area contributed by atoms with E-state index in [0.717, 1.165) is 22.1 Å². The molecule has 0 aliphatic carbocycles. The van der Waals surface area contributed by atoms with Gasteiger partial charge in [0.1, 0.15) is 0 Å². The molecular formula is C35H24N4. The molecule has 7 aromatic rings. The Hall–Kier alpha value is -5.35. The summed E-state index contributed by atoms with van der Waals surface area (Å²) in [6.45, 7) is 0. The molecule has 9 rings (SSSR count). The summed E-state index contributed by atoms with van der Waals surface area (Å²) < 4.78 is 0. The van der Waals surface area contributed by atoms with E-state index in [0.29, 0.717) is 0 Å². The summed E-state index contributed by atoms with van der Waals surface area (Å²) in [4.78, 5) is 16.7. The third-order valence-corrected chi connectivity index (χ3v) is 6.98. The van der Waals surface area contributed by atoms with Crippen LogP contribution in [-0.4, -0.2) is 9.97 Å². The second kappa shape index (κ2) is 9.84. The van der Waals surface area contributed by atoms with Gasteiger partial charge in [0.25, 0.3) is 0 Å². The summed E-state index contributed by atoms with van der Waals surface area (Å²) >= 11 is 0. The molecule has 5 aromatic carbocycles. The number of para-hydroxylation sites is 4. The molecule has 4 heterocycles. The lowest BCUT2D eigenvalue weighted by Crippen LogP contribution is -2.00. The number of H-pyrrole nitrogens is 1. The van der Waals surface area contributed by atoms with Gasteiger partial charge >= 0.3 is 0 Å². The van der Waals surface area contributed by atoms with Crippen molar-refractivity contribution in [1.29, 1.82) is 0 Å². The van der Waals surface area contributed by atoms with Crippen molar-refractivity contribution in [3.63, 3.8) is 0 Å². The van der Waals surface area contributed by atoms with Gasteiger partial charge in [0.15, 0.2) is 0 Å². The molecule has 4 nitrogen and oxygen atoms in total. The zero-order valence-corrected chi connectivity index (χ0v) is 21.1. The number of fused-ring (bicyclic) bond motifs is 9. The van der Waals surface area contributed by atoms with E-state index in [2.05, 4.69) is 107 Å². The number of aromatic nitrogens is 2. The number of benzene rings is 5. The van der Waals surface area contributed by atoms with E-state index in [1.165, 1.54) is 43.4 Å². The van der Waals surface area contributed by atoms with Gasteiger partial charge in [-0.15, -0.1) is 0 Å². The van der Waals surface area contributed by atoms with Gasteiger partial charge in [-0.25, -0.2) is 9.98 Å². The molecule has 2 aliphatic rings. The van der Waals surface area contributed by atoms with Crippen LogP contribution in [0.25, 0.3) is 32.9 Å². The molecule has 184 valence electrons. The number of hydrogen-bond donors (Lipinski definition) is 1. The summed E-state index contributed by atoms with van der Waals surface area (Å²) in [7, 11) is 0. The highest BCUT2D eigenvalue weighted by Crippen LogP contribution is 2.38. The van der Waals surface area contributed by atoms with Crippen molar-refractivity contribution in [3.8, 4) is 11.1 Å². The fraction of sp³-hybridized carbons (Fsp3) is 0. The molecule has 2 aliphatic heterocycles. The first-order chi connectivity index (χ1) is 19.4. The molecule has 1 N–H and O–H groups in total. The molecular weight excluding hydrogens is 476 g/mol. The van der Waals surface area contributed by atoms with Crippen molar-refractivity contribution < 1.29 is 0 Å². The highest BCUT2D eigenvalue weighted by atomic mass is 14.8. The van der Waals surface area contributed by atoms with Crippen LogP contribution in [0.4, 0.5) is 11.4 Å². The van der Waals surface area contributed by atoms with Gasteiger partial charge in [0, 0.05) is 55.8 Å². The Morgan fingerprint density at radius 3 is 1.85 bits per heavy atom. The third-order valence-electron chi connectivity index (χ3n) is 6.98. The standard InChI is InChI=1S/C18H10N2.C12H9N.C5H5N/c1-3-7-14-11(5-1)12-9-10-16-17(18(12)20-14)13-6-2-4-8-15(13)19-16;1-3-7-11-9(5-1)10-6-2-4-8-12(10)13-11;1-2-4-6-5-3-1/h1-10H;1-8,13H;1-5H. The zero-order valence-electron chi connectivity index (χ0n) is 21.1. The minimum absolute atomic E-state index is 1.03. The lowest BCUT2D eigenvalue weighted by molar-refractivity contribution is 1.33. The Kier molecular flexibility index (Phi) is 5.76. The van der Waals surface area contributed by atoms with Gasteiger partial charge in [0.2, 0.25) is 0 Å². The average molecular weight is 501 g/mol. The minimum Gasteiger partial charge on any atom is -0.355 e. The third kappa shape index (κ3) is 4.18. The Morgan fingerprint density at radius 1 is 0.462 bits per heavy atom. The predicted octanol–water partition coefficient (Wildman–Crippen LogP) is 7.57. The van der Waals surface area contributed by atoms with E-state index in [1.807, 2.05) is 30.3 Å². The molecule has 0 bridgehead atoms. The average Bonchev–Trinajstić information content (AvgIpc) is 3.69. The monoisotopic (exact) mass is 500 g/mol. The Labute approximate surface area is 225 Å². The Balaban J connectivity index is 0.000000114. The highest BCUT2D eigenvalue weighted by Gasteiger charge is 2.19. The SMILES string of the molecule is c1ccc2c(c1)N=c1ccc3c(c1-2)N=c1ccccc1=3.c1ccc2c(c1)[nH]c1ccccc12.c1ccncc1. The molecule has 0 atom stereocenters. The Bertz CT molecular complexity index is 2100. The molecule has 4 heteroatoms. The highest BCUT2D eigenvalue weighted by molar-refractivity contribution is 6.07. The molecule has 39 heavy (non-hydrogen) atoms. The van der Waals surface area contributed by atoms with E-state index < -0.39 is 0 Å². The lowest BCUT2D eigenvalue weighted by Gasteiger charge is -2.01. The van der Waals surface area contributed by atoms with Crippen molar-refractivity contribution in [2.24, 2.45) is 9.98 Å². The molecule has 0 fully saturated rings. The smallest absolute Gasteiger partial charge is 0.0817 e. The van der Waals surface area contributed by atoms with Crippen LogP contribution in [0.2, 0.25) is 0 Å². The zero-order chi connectivity index (χ0) is 26.0. The quantitative estimate of drug-likeness (QED) is 0.229. The maximum Gasteiger partial charge on any atom is 0.0817 e. The van der Waals surface area contributed by atoms with Crippen LogP contribution in [0.5, 0.6) is 0 Å². The number of nitrogens with zero attached hydrogens (tertiary/aromatic N) is 3. The first-order valence-electron chi connectivity index (χ1n) is 13.0. The summed E-state index contributed by atoms with van der Waals surface area (Å²) in [6, 6.07) is 43.3. The van der Waals surface area contributed by atoms with Crippen LogP contribution in [-0.2, 0) is 0 Å². The van der Waals surface area contributed by atoms with Gasteiger partial charge in [-0.05, 0) is 48.5 Å². The van der Waals surface area contributed by atoms with Crippen molar-refractivity contribution in [2.45, 2.75) is 0 Å². The van der Waals surface area contributed by atoms with E-state index in [4.69, 9.17) is 9.98 Å². The molecule has 2 aromatic heterocycles. The molecule has 0 radical (unpaired) electrons. The van der Waals surface area contributed by atoms with E-state index in [9.17, 15) is 0 Å². The van der Waals surface area contributed by atoms with Crippen LogP contribution in [0.3, 0.4) is 0 Å². The summed E-state index contributed by atoms with van der Waals surface area (Å²) in [6.07, 6.45) is 3.50. The van der Waals surface area contributed by atoms with E-state index in [-0.39, 0.29) is 0 Å². The summed E-state index contributed by atoms with van der Waals surface area (Å²) in [5.41, 5.74) is 6.90. The maximum atomic E-state index is 4.83. The van der Waals surface area contributed by atoms with Gasteiger partial charge in [-0.2, -0.15) is 0 Å². The molecule has 0 spiro atoms. The van der Waals surface area contributed by atoms with Crippen LogP contribution >= 0.6 is 0 Å². The molecule has 0 amide bonds. The van der Waals surface area contributed by atoms with Gasteiger partial charge in [-0.1, -0.05) is 78.9 Å². The first-order valence-corrected chi connectivity index (χ1v) is 13.0. The van der Waals surface area contributed by atoms with Gasteiger partial charge in [-0.3, -0.25) is 4.98 Å². The van der Waals surface area contributed by atoms with E-state index in [1.54, 1.807) is 12.4 Å². The van der Waals surface area contributed by atoms with Crippen molar-refractivity contribution in [3.05, 3.63) is 161 Å². The normalized spacial score (nSPS) is 11.5. The fourth-order valence-corrected chi connectivity index (χ4v) is 5.22. The fourth-order valence-electron chi connectivity index (χ4n) is 5.22. The van der Waals surface area contributed by atoms with Crippen molar-refractivity contribution in [2.75, 3.05) is 0 Å². The number of pyridine rings is 1. The summed E-state index contributed by atoms with van der Waals surface area (Å²) in [5.74, 6) is 0. The predicted molar refractivity (Wildman–Crippen MR) is 158 cm³/mol. The van der Waals surface area contributed by atoms with Crippen molar-refractivity contribution >= 4 is 33.2 Å². The van der Waals surface area contributed by atoms with Crippen LogP contribution in [0.1, 0.15) is 0 Å². The number of rotatable bonds is 0. The maximum absolute atomic E-state index is 4.83. The topological polar surface area (TPSA) is 53.4 Å². The Morgan fingerprint density at radius 2 is 1.13 bits per heavy atom. The second-order valence-electron chi connectivity index (χ2n) is 9.35. The van der Waals surface area contributed by atoms with Gasteiger partial charge in [0.05, 0.1) is 22.1 Å². The number of nitrogens with one attached hydrogen (secondary N) is 1. The largest absolute Gasteiger partial charge is 0.355 e. The van der Waals surface area contributed by atoms with Crippen molar-refractivity contribution in [1.82, 2.24) is 9.97 Å². The van der Waals surface area contributed by atoms with Crippen LogP contribution in [0.15, 0.2) is 150 Å². The van der Waals surface area contributed by atoms with Crippen LogP contribution < -0.4 is 10.7 Å². The van der Waals surface area contributed by atoms with E-state index >= 15 is 0 Å². The molecule has 0 saturated carbocycles.